The lowest BCUT2D eigenvalue weighted by molar-refractivity contribution is -0.114. The van der Waals surface area contributed by atoms with E-state index >= 15 is 0 Å². The molecule has 1 aromatic carbocycles. The van der Waals surface area contributed by atoms with E-state index in [-0.39, 0.29) is 11.4 Å². The van der Waals surface area contributed by atoms with Gasteiger partial charge in [0.05, 0.1) is 0 Å². The van der Waals surface area contributed by atoms with Crippen LogP contribution in [0.4, 0.5) is 4.79 Å². The van der Waals surface area contributed by atoms with Gasteiger partial charge in [0.15, 0.2) is 11.9 Å². The van der Waals surface area contributed by atoms with E-state index in [4.69, 9.17) is 9.47 Å². The van der Waals surface area contributed by atoms with Crippen molar-refractivity contribution < 1.29 is 19.1 Å². The molecule has 5 heteroatoms. The minimum atomic E-state index is -0.856. The molecule has 0 bridgehead atoms. The standard InChI is InChI=1S/C16H19BrO4/c1-10(11(2)18)14(12-6-8-13(17)9-7-12)20-15(19)21-16(3,4)5/h6-9,14H,1H2,2-5H3. The van der Waals surface area contributed by atoms with E-state index in [1.807, 2.05) is 0 Å². The van der Waals surface area contributed by atoms with Crippen LogP contribution < -0.4 is 0 Å². The number of hydrogen-bond donors (Lipinski definition) is 0. The highest BCUT2D eigenvalue weighted by molar-refractivity contribution is 9.10. The van der Waals surface area contributed by atoms with E-state index in [0.717, 1.165) is 4.47 Å². The fourth-order valence-electron chi connectivity index (χ4n) is 1.53. The Morgan fingerprint density at radius 1 is 1.19 bits per heavy atom. The number of Topliss-reactive ketones (excluding diaryl/α,β-unsaturated/α-hetero) is 1. The molecule has 0 amide bonds. The van der Waals surface area contributed by atoms with Crippen LogP contribution in [0.5, 0.6) is 0 Å². The number of halogens is 1. The van der Waals surface area contributed by atoms with Crippen LogP contribution in [0, 0.1) is 0 Å². The van der Waals surface area contributed by atoms with Gasteiger partial charge in [0, 0.05) is 10.0 Å². The van der Waals surface area contributed by atoms with Crippen LogP contribution in [-0.2, 0) is 14.3 Å². The average Bonchev–Trinajstić information content (AvgIpc) is 2.34. The lowest BCUT2D eigenvalue weighted by Crippen LogP contribution is -2.26. The summed E-state index contributed by atoms with van der Waals surface area (Å²) in [6.45, 7) is 10.3. The number of carbonyl (C=O) groups excluding carboxylic acids is 2. The third kappa shape index (κ3) is 5.71. The lowest BCUT2D eigenvalue weighted by Gasteiger charge is -2.23. The molecule has 0 fully saturated rings. The van der Waals surface area contributed by atoms with Gasteiger partial charge in [-0.15, -0.1) is 0 Å². The first kappa shape index (κ1) is 17.4. The number of rotatable bonds is 4. The van der Waals surface area contributed by atoms with Crippen molar-refractivity contribution in [1.29, 1.82) is 0 Å². The van der Waals surface area contributed by atoms with Gasteiger partial charge in [0.2, 0.25) is 0 Å². The van der Waals surface area contributed by atoms with Crippen LogP contribution in [0.2, 0.25) is 0 Å². The number of ketones is 1. The number of hydrogen-bond acceptors (Lipinski definition) is 4. The van der Waals surface area contributed by atoms with Crippen LogP contribution in [-0.4, -0.2) is 17.5 Å². The summed E-state index contributed by atoms with van der Waals surface area (Å²) in [4.78, 5) is 23.4. The fourth-order valence-corrected chi connectivity index (χ4v) is 1.80. The Kier molecular flexibility index (Phi) is 5.72. The first-order valence-electron chi connectivity index (χ1n) is 6.45. The zero-order valence-electron chi connectivity index (χ0n) is 12.6. The largest absolute Gasteiger partial charge is 0.509 e. The second-order valence-electron chi connectivity index (χ2n) is 5.60. The molecule has 0 spiro atoms. The minimum Gasteiger partial charge on any atom is -0.429 e. The lowest BCUT2D eigenvalue weighted by atomic mass is 10.0. The second-order valence-corrected chi connectivity index (χ2v) is 6.51. The maximum absolute atomic E-state index is 11.8. The summed E-state index contributed by atoms with van der Waals surface area (Å²) in [6.07, 6.45) is -1.69. The highest BCUT2D eigenvalue weighted by Gasteiger charge is 2.26. The highest BCUT2D eigenvalue weighted by Crippen LogP contribution is 2.28. The molecule has 0 aliphatic carbocycles. The van der Waals surface area contributed by atoms with Crippen molar-refractivity contribution >= 4 is 27.9 Å². The van der Waals surface area contributed by atoms with Gasteiger partial charge in [-0.2, -0.15) is 0 Å². The molecule has 114 valence electrons. The van der Waals surface area contributed by atoms with Crippen LogP contribution >= 0.6 is 15.9 Å². The smallest absolute Gasteiger partial charge is 0.429 e. The maximum Gasteiger partial charge on any atom is 0.509 e. The molecular formula is C16H19BrO4. The number of benzene rings is 1. The van der Waals surface area contributed by atoms with Gasteiger partial charge in [0.1, 0.15) is 5.60 Å². The van der Waals surface area contributed by atoms with Gasteiger partial charge >= 0.3 is 6.16 Å². The molecule has 0 aromatic heterocycles. The Morgan fingerprint density at radius 3 is 2.14 bits per heavy atom. The topological polar surface area (TPSA) is 52.6 Å². The predicted octanol–water partition coefficient (Wildman–Crippen LogP) is 4.59. The van der Waals surface area contributed by atoms with Crippen molar-refractivity contribution in [1.82, 2.24) is 0 Å². The van der Waals surface area contributed by atoms with Gasteiger partial charge in [-0.3, -0.25) is 4.79 Å². The summed E-state index contributed by atoms with van der Waals surface area (Å²) >= 11 is 3.33. The normalized spacial score (nSPS) is 12.4. The average molecular weight is 355 g/mol. The van der Waals surface area contributed by atoms with E-state index in [9.17, 15) is 9.59 Å². The van der Waals surface area contributed by atoms with Gasteiger partial charge in [-0.05, 0) is 45.4 Å². The van der Waals surface area contributed by atoms with Crippen LogP contribution in [0.25, 0.3) is 0 Å². The van der Waals surface area contributed by atoms with Crippen molar-refractivity contribution in [3.05, 3.63) is 46.5 Å². The Labute approximate surface area is 133 Å². The van der Waals surface area contributed by atoms with Crippen molar-refractivity contribution in [3.8, 4) is 0 Å². The van der Waals surface area contributed by atoms with E-state index in [1.54, 1.807) is 45.0 Å². The summed E-state index contributed by atoms with van der Waals surface area (Å²) in [5.74, 6) is -0.244. The summed E-state index contributed by atoms with van der Waals surface area (Å²) in [6, 6.07) is 7.11. The second kappa shape index (κ2) is 6.89. The molecule has 0 heterocycles. The molecule has 0 aliphatic heterocycles. The van der Waals surface area contributed by atoms with Gasteiger partial charge < -0.3 is 9.47 Å². The molecule has 0 N–H and O–H groups in total. The Bertz CT molecular complexity index is 540. The first-order chi connectivity index (χ1) is 9.60. The van der Waals surface area contributed by atoms with Crippen molar-refractivity contribution in [2.45, 2.75) is 39.4 Å². The van der Waals surface area contributed by atoms with E-state index in [2.05, 4.69) is 22.5 Å². The third-order valence-electron chi connectivity index (χ3n) is 2.55. The molecule has 21 heavy (non-hydrogen) atoms. The SMILES string of the molecule is C=C(C(C)=O)C(OC(=O)OC(C)(C)C)c1ccc(Br)cc1. The summed E-state index contributed by atoms with van der Waals surface area (Å²) < 4.78 is 11.3. The summed E-state index contributed by atoms with van der Waals surface area (Å²) in [5.41, 5.74) is 0.186. The maximum atomic E-state index is 11.8. The van der Waals surface area contributed by atoms with E-state index < -0.39 is 17.9 Å². The van der Waals surface area contributed by atoms with Crippen LogP contribution in [0.3, 0.4) is 0 Å². The van der Waals surface area contributed by atoms with Crippen molar-refractivity contribution in [2.75, 3.05) is 0 Å². The Balaban J connectivity index is 2.98. The molecule has 1 atom stereocenters. The van der Waals surface area contributed by atoms with Gasteiger partial charge in [-0.1, -0.05) is 34.6 Å². The molecular weight excluding hydrogens is 336 g/mol. The van der Waals surface area contributed by atoms with E-state index in [0.29, 0.717) is 5.56 Å². The van der Waals surface area contributed by atoms with Gasteiger partial charge in [-0.25, -0.2) is 4.79 Å². The zero-order chi connectivity index (χ0) is 16.2. The molecule has 4 nitrogen and oxygen atoms in total. The molecule has 0 aliphatic rings. The first-order valence-corrected chi connectivity index (χ1v) is 7.24. The molecule has 0 saturated carbocycles. The van der Waals surface area contributed by atoms with Crippen LogP contribution in [0.1, 0.15) is 39.4 Å². The van der Waals surface area contributed by atoms with Crippen LogP contribution in [0.15, 0.2) is 40.9 Å². The predicted molar refractivity (Wildman–Crippen MR) is 84.0 cm³/mol. The molecule has 0 radical (unpaired) electrons. The monoisotopic (exact) mass is 354 g/mol. The Morgan fingerprint density at radius 2 is 1.71 bits per heavy atom. The Hall–Kier alpha value is -1.62. The third-order valence-corrected chi connectivity index (χ3v) is 3.07. The molecule has 1 aromatic rings. The number of carbonyl (C=O) groups is 2. The van der Waals surface area contributed by atoms with Crippen molar-refractivity contribution in [2.24, 2.45) is 0 Å². The quantitative estimate of drug-likeness (QED) is 0.586. The summed E-state index contributed by atoms with van der Waals surface area (Å²) in [7, 11) is 0. The highest BCUT2D eigenvalue weighted by atomic mass is 79.9. The molecule has 1 rings (SSSR count). The minimum absolute atomic E-state index is 0.197. The van der Waals surface area contributed by atoms with Crippen molar-refractivity contribution in [3.63, 3.8) is 0 Å². The van der Waals surface area contributed by atoms with E-state index in [1.165, 1.54) is 6.92 Å². The molecule has 0 saturated heterocycles. The molecule has 1 unspecified atom stereocenters. The fraction of sp³-hybridized carbons (Fsp3) is 0.375. The number of ether oxygens (including phenoxy) is 2. The zero-order valence-corrected chi connectivity index (χ0v) is 14.2. The van der Waals surface area contributed by atoms with Gasteiger partial charge in [0.25, 0.3) is 0 Å². The summed E-state index contributed by atoms with van der Waals surface area (Å²) in [5, 5.41) is 0.